The minimum Gasteiger partial charge on any atom is -0.352 e. The Labute approximate surface area is 133 Å². The monoisotopic (exact) mass is 317 g/mol. The molecular weight excluding hydrogens is 290 g/mol. The average molecular weight is 318 g/mol. The van der Waals surface area contributed by atoms with Gasteiger partial charge in [0, 0.05) is 38.0 Å². The first-order chi connectivity index (χ1) is 9.56. The summed E-state index contributed by atoms with van der Waals surface area (Å²) in [6.45, 7) is 3.41. The molecule has 0 bridgehead atoms. The molecule has 6 heteroatoms. The Bertz CT molecular complexity index is 365. The molecule has 2 aliphatic rings. The molecule has 1 heterocycles. The highest BCUT2D eigenvalue weighted by molar-refractivity contribution is 5.85. The minimum absolute atomic E-state index is 0. The molecule has 1 aliphatic heterocycles. The highest BCUT2D eigenvalue weighted by Gasteiger charge is 2.26. The average Bonchev–Trinajstić information content (AvgIpc) is 2.77. The van der Waals surface area contributed by atoms with Crippen LogP contribution >= 0.6 is 12.4 Å². The van der Waals surface area contributed by atoms with Crippen LogP contribution in [0.1, 0.15) is 51.9 Å². The van der Waals surface area contributed by atoms with E-state index in [0.29, 0.717) is 25.3 Å². The van der Waals surface area contributed by atoms with E-state index in [1.165, 1.54) is 12.8 Å². The zero-order chi connectivity index (χ0) is 14.5. The maximum absolute atomic E-state index is 12.1. The SMILES string of the molecule is CC(CN1CCCC1=O)NC(=O)CC1CCCCC1N.Cl. The Morgan fingerprint density at radius 3 is 2.71 bits per heavy atom. The van der Waals surface area contributed by atoms with Gasteiger partial charge in [-0.05, 0) is 32.1 Å². The van der Waals surface area contributed by atoms with Crippen molar-refractivity contribution in [3.63, 3.8) is 0 Å². The first-order valence-corrected chi connectivity index (χ1v) is 7.89. The molecule has 0 radical (unpaired) electrons. The van der Waals surface area contributed by atoms with Crippen LogP contribution < -0.4 is 11.1 Å². The van der Waals surface area contributed by atoms with E-state index in [-0.39, 0.29) is 36.3 Å². The number of hydrogen-bond acceptors (Lipinski definition) is 3. The number of hydrogen-bond donors (Lipinski definition) is 2. The Balaban J connectivity index is 0.00000220. The van der Waals surface area contributed by atoms with Gasteiger partial charge in [0.2, 0.25) is 11.8 Å². The van der Waals surface area contributed by atoms with E-state index in [1.807, 2.05) is 11.8 Å². The van der Waals surface area contributed by atoms with Crippen LogP contribution in [-0.4, -0.2) is 41.9 Å². The molecule has 122 valence electrons. The van der Waals surface area contributed by atoms with E-state index in [4.69, 9.17) is 5.73 Å². The third-order valence-electron chi connectivity index (χ3n) is 4.49. The topological polar surface area (TPSA) is 75.4 Å². The summed E-state index contributed by atoms with van der Waals surface area (Å²) in [5, 5.41) is 3.01. The van der Waals surface area contributed by atoms with E-state index >= 15 is 0 Å². The zero-order valence-corrected chi connectivity index (χ0v) is 13.7. The first kappa shape index (κ1) is 18.2. The molecule has 2 amide bonds. The molecule has 21 heavy (non-hydrogen) atoms. The van der Waals surface area contributed by atoms with Crippen molar-refractivity contribution >= 4 is 24.2 Å². The second-order valence-electron chi connectivity index (χ2n) is 6.32. The van der Waals surface area contributed by atoms with E-state index in [1.54, 1.807) is 0 Å². The number of carbonyl (C=O) groups excluding carboxylic acids is 2. The van der Waals surface area contributed by atoms with Crippen LogP contribution in [0.5, 0.6) is 0 Å². The standard InChI is InChI=1S/C15H27N3O2.ClH/c1-11(10-18-8-4-7-15(18)20)17-14(19)9-12-5-2-3-6-13(12)16;/h11-13H,2-10,16H2,1H3,(H,17,19);1H. The number of carbonyl (C=O) groups is 2. The van der Waals surface area contributed by atoms with Crippen molar-refractivity contribution in [2.45, 2.75) is 64.0 Å². The summed E-state index contributed by atoms with van der Waals surface area (Å²) in [6, 6.07) is 0.189. The van der Waals surface area contributed by atoms with Gasteiger partial charge in [-0.1, -0.05) is 12.8 Å². The lowest BCUT2D eigenvalue weighted by Crippen LogP contribution is -2.44. The molecule has 2 fully saturated rings. The molecule has 2 rings (SSSR count). The van der Waals surface area contributed by atoms with E-state index in [0.717, 1.165) is 25.8 Å². The summed E-state index contributed by atoms with van der Waals surface area (Å²) in [4.78, 5) is 25.4. The fraction of sp³-hybridized carbons (Fsp3) is 0.867. The van der Waals surface area contributed by atoms with E-state index in [9.17, 15) is 9.59 Å². The minimum atomic E-state index is 0. The maximum atomic E-state index is 12.1. The van der Waals surface area contributed by atoms with Crippen LogP contribution in [0.25, 0.3) is 0 Å². The fourth-order valence-corrected chi connectivity index (χ4v) is 3.33. The zero-order valence-electron chi connectivity index (χ0n) is 12.8. The molecular formula is C15H28ClN3O2. The number of likely N-dealkylation sites (tertiary alicyclic amines) is 1. The summed E-state index contributed by atoms with van der Waals surface area (Å²) >= 11 is 0. The molecule has 1 saturated carbocycles. The van der Waals surface area contributed by atoms with Gasteiger partial charge in [-0.2, -0.15) is 0 Å². The Morgan fingerprint density at radius 1 is 1.38 bits per heavy atom. The number of halogens is 1. The molecule has 0 aromatic heterocycles. The van der Waals surface area contributed by atoms with Crippen LogP contribution in [0.4, 0.5) is 0 Å². The number of rotatable bonds is 5. The van der Waals surface area contributed by atoms with E-state index < -0.39 is 0 Å². The lowest BCUT2D eigenvalue weighted by Gasteiger charge is -2.29. The van der Waals surface area contributed by atoms with Crippen LogP contribution in [0.3, 0.4) is 0 Å². The molecule has 3 unspecified atom stereocenters. The van der Waals surface area contributed by atoms with Crippen molar-refractivity contribution in [1.29, 1.82) is 0 Å². The van der Waals surface area contributed by atoms with Crippen molar-refractivity contribution in [3.05, 3.63) is 0 Å². The quantitative estimate of drug-likeness (QED) is 0.805. The van der Waals surface area contributed by atoms with Gasteiger partial charge in [0.05, 0.1) is 0 Å². The summed E-state index contributed by atoms with van der Waals surface area (Å²) in [6.07, 6.45) is 6.59. The Kier molecular flexibility index (Phi) is 7.46. The molecule has 5 nitrogen and oxygen atoms in total. The van der Waals surface area contributed by atoms with Gasteiger partial charge in [0.25, 0.3) is 0 Å². The molecule has 0 aromatic rings. The molecule has 0 aromatic carbocycles. The predicted molar refractivity (Wildman–Crippen MR) is 85.2 cm³/mol. The third kappa shape index (κ3) is 5.47. The van der Waals surface area contributed by atoms with Crippen LogP contribution in [0.15, 0.2) is 0 Å². The number of nitrogens with two attached hydrogens (primary N) is 1. The highest BCUT2D eigenvalue weighted by Crippen LogP contribution is 2.25. The van der Waals surface area contributed by atoms with Crippen molar-refractivity contribution in [3.8, 4) is 0 Å². The van der Waals surface area contributed by atoms with Crippen molar-refractivity contribution < 1.29 is 9.59 Å². The molecule has 3 N–H and O–H groups in total. The van der Waals surface area contributed by atoms with Gasteiger partial charge >= 0.3 is 0 Å². The second kappa shape index (κ2) is 8.59. The van der Waals surface area contributed by atoms with Gasteiger partial charge < -0.3 is 16.0 Å². The fourth-order valence-electron chi connectivity index (χ4n) is 3.33. The summed E-state index contributed by atoms with van der Waals surface area (Å²) in [5.74, 6) is 0.608. The van der Waals surface area contributed by atoms with Crippen molar-refractivity contribution in [1.82, 2.24) is 10.2 Å². The normalized spacial score (nSPS) is 27.1. The van der Waals surface area contributed by atoms with Gasteiger partial charge in [-0.3, -0.25) is 9.59 Å². The first-order valence-electron chi connectivity index (χ1n) is 7.89. The van der Waals surface area contributed by atoms with E-state index in [2.05, 4.69) is 5.32 Å². The van der Waals surface area contributed by atoms with Gasteiger partial charge in [-0.25, -0.2) is 0 Å². The predicted octanol–water partition coefficient (Wildman–Crippen LogP) is 1.44. The van der Waals surface area contributed by atoms with Gasteiger partial charge in [-0.15, -0.1) is 12.4 Å². The highest BCUT2D eigenvalue weighted by atomic mass is 35.5. The molecule has 0 spiro atoms. The lowest BCUT2D eigenvalue weighted by molar-refractivity contribution is -0.129. The third-order valence-corrected chi connectivity index (χ3v) is 4.49. The molecule has 3 atom stereocenters. The molecule has 1 saturated heterocycles. The number of amides is 2. The van der Waals surface area contributed by atoms with Gasteiger partial charge in [0.1, 0.15) is 0 Å². The number of nitrogens with one attached hydrogen (secondary N) is 1. The van der Waals surface area contributed by atoms with Crippen LogP contribution in [0, 0.1) is 5.92 Å². The molecule has 1 aliphatic carbocycles. The van der Waals surface area contributed by atoms with Crippen LogP contribution in [0.2, 0.25) is 0 Å². The van der Waals surface area contributed by atoms with Crippen LogP contribution in [-0.2, 0) is 9.59 Å². The summed E-state index contributed by atoms with van der Waals surface area (Å²) in [7, 11) is 0. The number of nitrogens with zero attached hydrogens (tertiary/aromatic N) is 1. The van der Waals surface area contributed by atoms with Gasteiger partial charge in [0.15, 0.2) is 0 Å². The Morgan fingerprint density at radius 2 is 2.10 bits per heavy atom. The summed E-state index contributed by atoms with van der Waals surface area (Å²) < 4.78 is 0. The van der Waals surface area contributed by atoms with Crippen molar-refractivity contribution in [2.24, 2.45) is 11.7 Å². The Hall–Kier alpha value is -0.810. The summed E-state index contributed by atoms with van der Waals surface area (Å²) in [5.41, 5.74) is 6.08. The smallest absolute Gasteiger partial charge is 0.222 e. The van der Waals surface area contributed by atoms with Crippen molar-refractivity contribution in [2.75, 3.05) is 13.1 Å². The maximum Gasteiger partial charge on any atom is 0.222 e. The lowest BCUT2D eigenvalue weighted by atomic mass is 9.83. The second-order valence-corrected chi connectivity index (χ2v) is 6.32. The largest absolute Gasteiger partial charge is 0.352 e.